The van der Waals surface area contributed by atoms with Gasteiger partial charge in [-0.05, 0) is 31.1 Å². The Balaban J connectivity index is 2.35. The summed E-state index contributed by atoms with van der Waals surface area (Å²) in [4.78, 5) is 4.43. The quantitative estimate of drug-likeness (QED) is 0.699. The summed E-state index contributed by atoms with van der Waals surface area (Å²) in [6.45, 7) is 10.1. The lowest BCUT2D eigenvalue weighted by atomic mass is 10.1. The molecule has 0 aliphatic carbocycles. The van der Waals surface area contributed by atoms with Gasteiger partial charge in [-0.25, -0.2) is 4.98 Å². The van der Waals surface area contributed by atoms with Crippen LogP contribution in [0.4, 0.5) is 0 Å². The van der Waals surface area contributed by atoms with Gasteiger partial charge in [-0.1, -0.05) is 27.7 Å². The van der Waals surface area contributed by atoms with Crippen LogP contribution in [0.25, 0.3) is 0 Å². The molecule has 15 heavy (non-hydrogen) atoms. The Morgan fingerprint density at radius 3 is 2.40 bits per heavy atom. The average Bonchev–Trinajstić information content (AvgIpc) is 2.59. The summed E-state index contributed by atoms with van der Waals surface area (Å²) in [5.74, 6) is 1.54. The molecule has 1 rings (SSSR count). The van der Waals surface area contributed by atoms with Gasteiger partial charge in [0.1, 0.15) is 0 Å². The molecule has 0 aromatic carbocycles. The first-order valence-electron chi connectivity index (χ1n) is 6.08. The predicted octanol–water partition coefficient (Wildman–Crippen LogP) is 3.52. The highest BCUT2D eigenvalue weighted by Gasteiger charge is 2.01. The molecule has 0 spiro atoms. The number of aromatic nitrogens is 2. The summed E-state index contributed by atoms with van der Waals surface area (Å²) in [5.41, 5.74) is 1.24. The van der Waals surface area contributed by atoms with E-state index in [1.807, 2.05) is 6.33 Å². The molecule has 0 unspecified atom stereocenters. The molecule has 0 N–H and O–H groups in total. The highest BCUT2D eigenvalue weighted by atomic mass is 15.0. The van der Waals surface area contributed by atoms with E-state index in [1.54, 1.807) is 0 Å². The molecule has 1 heterocycles. The lowest BCUT2D eigenvalue weighted by Gasteiger charge is -2.04. The fraction of sp³-hybridized carbons (Fsp3) is 0.769. The van der Waals surface area contributed by atoms with Crippen molar-refractivity contribution in [3.63, 3.8) is 0 Å². The molecule has 0 saturated heterocycles. The van der Waals surface area contributed by atoms with Crippen molar-refractivity contribution >= 4 is 0 Å². The van der Waals surface area contributed by atoms with Crippen LogP contribution in [-0.4, -0.2) is 9.55 Å². The smallest absolute Gasteiger partial charge is 0.0949 e. The SMILES string of the molecule is CC(C)CCc1cn(CCC(C)C)cn1. The van der Waals surface area contributed by atoms with Gasteiger partial charge < -0.3 is 4.57 Å². The minimum atomic E-state index is 0.769. The van der Waals surface area contributed by atoms with Gasteiger partial charge in [0.15, 0.2) is 0 Å². The first kappa shape index (κ1) is 12.3. The van der Waals surface area contributed by atoms with E-state index in [0.29, 0.717) is 0 Å². The largest absolute Gasteiger partial charge is 0.337 e. The van der Waals surface area contributed by atoms with Gasteiger partial charge in [0, 0.05) is 12.7 Å². The maximum Gasteiger partial charge on any atom is 0.0949 e. The Morgan fingerprint density at radius 2 is 1.80 bits per heavy atom. The number of hydrogen-bond acceptors (Lipinski definition) is 1. The molecular weight excluding hydrogens is 184 g/mol. The highest BCUT2D eigenvalue weighted by molar-refractivity contribution is 4.96. The minimum Gasteiger partial charge on any atom is -0.337 e. The fourth-order valence-corrected chi connectivity index (χ4v) is 1.50. The zero-order valence-electron chi connectivity index (χ0n) is 10.5. The third kappa shape index (κ3) is 5.01. The van der Waals surface area contributed by atoms with Crippen LogP contribution < -0.4 is 0 Å². The maximum atomic E-state index is 4.43. The minimum absolute atomic E-state index is 0.769. The Bertz CT molecular complexity index is 247. The van der Waals surface area contributed by atoms with E-state index in [1.165, 1.54) is 18.5 Å². The van der Waals surface area contributed by atoms with E-state index in [2.05, 4.69) is 43.4 Å². The van der Waals surface area contributed by atoms with Gasteiger partial charge >= 0.3 is 0 Å². The van der Waals surface area contributed by atoms with Crippen LogP contribution in [0.3, 0.4) is 0 Å². The lowest BCUT2D eigenvalue weighted by Crippen LogP contribution is -1.98. The molecule has 2 nitrogen and oxygen atoms in total. The van der Waals surface area contributed by atoms with Gasteiger partial charge in [0.2, 0.25) is 0 Å². The summed E-state index contributed by atoms with van der Waals surface area (Å²) in [7, 11) is 0. The van der Waals surface area contributed by atoms with Crippen molar-refractivity contribution in [2.45, 2.75) is 53.5 Å². The lowest BCUT2D eigenvalue weighted by molar-refractivity contribution is 0.515. The average molecular weight is 208 g/mol. The standard InChI is InChI=1S/C13H24N2/c1-11(2)5-6-13-9-15(10-14-13)8-7-12(3)4/h9-12H,5-8H2,1-4H3. The van der Waals surface area contributed by atoms with Crippen LogP contribution in [0.1, 0.15) is 46.2 Å². The van der Waals surface area contributed by atoms with Crippen molar-refractivity contribution in [2.24, 2.45) is 11.8 Å². The summed E-state index contributed by atoms with van der Waals surface area (Å²) in [5, 5.41) is 0. The maximum absolute atomic E-state index is 4.43. The van der Waals surface area contributed by atoms with Crippen LogP contribution in [0.5, 0.6) is 0 Å². The van der Waals surface area contributed by atoms with Gasteiger partial charge in [0.25, 0.3) is 0 Å². The first-order chi connectivity index (χ1) is 7.08. The molecule has 0 bridgehead atoms. The Labute approximate surface area is 93.7 Å². The molecule has 1 aromatic rings. The van der Waals surface area contributed by atoms with Gasteiger partial charge in [-0.3, -0.25) is 0 Å². The topological polar surface area (TPSA) is 17.8 Å². The monoisotopic (exact) mass is 208 g/mol. The summed E-state index contributed by atoms with van der Waals surface area (Å²) in [6.07, 6.45) is 7.76. The van der Waals surface area contributed by atoms with Crippen molar-refractivity contribution in [3.8, 4) is 0 Å². The molecule has 0 amide bonds. The highest BCUT2D eigenvalue weighted by Crippen LogP contribution is 2.08. The van der Waals surface area contributed by atoms with Crippen molar-refractivity contribution in [3.05, 3.63) is 18.2 Å². The van der Waals surface area contributed by atoms with E-state index >= 15 is 0 Å². The third-order valence-corrected chi connectivity index (χ3v) is 2.63. The van der Waals surface area contributed by atoms with Crippen LogP contribution in [-0.2, 0) is 13.0 Å². The number of imidazole rings is 1. The van der Waals surface area contributed by atoms with E-state index in [0.717, 1.165) is 24.8 Å². The number of rotatable bonds is 6. The molecular formula is C13H24N2. The molecule has 0 fully saturated rings. The van der Waals surface area contributed by atoms with Crippen molar-refractivity contribution in [1.82, 2.24) is 9.55 Å². The van der Waals surface area contributed by atoms with Gasteiger partial charge in [-0.2, -0.15) is 0 Å². The van der Waals surface area contributed by atoms with Crippen LogP contribution in [0.15, 0.2) is 12.5 Å². The van der Waals surface area contributed by atoms with Gasteiger partial charge in [0.05, 0.1) is 12.0 Å². The summed E-state index contributed by atoms with van der Waals surface area (Å²) >= 11 is 0. The zero-order chi connectivity index (χ0) is 11.3. The molecule has 0 saturated carbocycles. The molecule has 0 aliphatic heterocycles. The third-order valence-electron chi connectivity index (χ3n) is 2.63. The molecule has 0 aliphatic rings. The zero-order valence-corrected chi connectivity index (χ0v) is 10.5. The molecule has 0 radical (unpaired) electrons. The number of aryl methyl sites for hydroxylation is 2. The van der Waals surface area contributed by atoms with E-state index in [4.69, 9.17) is 0 Å². The van der Waals surface area contributed by atoms with E-state index in [-0.39, 0.29) is 0 Å². The Morgan fingerprint density at radius 1 is 1.13 bits per heavy atom. The van der Waals surface area contributed by atoms with Crippen molar-refractivity contribution in [1.29, 1.82) is 0 Å². The first-order valence-corrected chi connectivity index (χ1v) is 6.08. The Hall–Kier alpha value is -0.790. The molecule has 86 valence electrons. The molecule has 0 atom stereocenters. The van der Waals surface area contributed by atoms with Gasteiger partial charge in [-0.15, -0.1) is 0 Å². The second kappa shape index (κ2) is 5.94. The Kier molecular flexibility index (Phi) is 4.86. The summed E-state index contributed by atoms with van der Waals surface area (Å²) < 4.78 is 2.22. The predicted molar refractivity (Wildman–Crippen MR) is 64.8 cm³/mol. The fourth-order valence-electron chi connectivity index (χ4n) is 1.50. The normalized spacial score (nSPS) is 11.6. The summed E-state index contributed by atoms with van der Waals surface area (Å²) in [6, 6.07) is 0. The number of nitrogens with zero attached hydrogens (tertiary/aromatic N) is 2. The van der Waals surface area contributed by atoms with Crippen molar-refractivity contribution < 1.29 is 0 Å². The second-order valence-corrected chi connectivity index (χ2v) is 5.22. The van der Waals surface area contributed by atoms with Crippen LogP contribution in [0.2, 0.25) is 0 Å². The van der Waals surface area contributed by atoms with E-state index in [9.17, 15) is 0 Å². The molecule has 1 aromatic heterocycles. The van der Waals surface area contributed by atoms with E-state index < -0.39 is 0 Å². The van der Waals surface area contributed by atoms with Crippen molar-refractivity contribution in [2.75, 3.05) is 0 Å². The number of hydrogen-bond donors (Lipinski definition) is 0. The second-order valence-electron chi connectivity index (χ2n) is 5.22. The molecule has 2 heteroatoms. The van der Waals surface area contributed by atoms with Crippen LogP contribution >= 0.6 is 0 Å². The van der Waals surface area contributed by atoms with Crippen LogP contribution in [0, 0.1) is 11.8 Å².